The van der Waals surface area contributed by atoms with E-state index in [-0.39, 0.29) is 0 Å². The van der Waals surface area contributed by atoms with Gasteiger partial charge in [0.25, 0.3) is 0 Å². The standard InChI is InChI=1S/C39H34N3/c1-31-19-15-17-29-37(31)42(38-30-18-16-20-32(38)2)39(40(33-21-7-3-8-22-33)34-23-9-4-10-24-34)41(35-25-11-5-12-26-35)36-27-13-6-14-28-36/h3-30H,1-2H3/q+1. The molecule has 0 bridgehead atoms. The molecule has 0 aliphatic heterocycles. The minimum absolute atomic E-state index is 0.966. The van der Waals surface area contributed by atoms with Crippen LogP contribution < -0.4 is 14.4 Å². The maximum Gasteiger partial charge on any atom is 0.380 e. The number of aryl methyl sites for hydroxylation is 2. The fourth-order valence-corrected chi connectivity index (χ4v) is 5.34. The normalized spacial score (nSPS) is 10.6. The van der Waals surface area contributed by atoms with Gasteiger partial charge in [0.15, 0.2) is 0 Å². The number of hydrogen-bond acceptors (Lipinski definition) is 0. The molecule has 0 fully saturated rings. The van der Waals surface area contributed by atoms with Crippen LogP contribution in [-0.2, 0) is 0 Å². The van der Waals surface area contributed by atoms with E-state index in [1.54, 1.807) is 0 Å². The Morgan fingerprint density at radius 2 is 0.619 bits per heavy atom. The molecule has 3 heteroatoms. The smallest absolute Gasteiger partial charge is 0.197 e. The van der Waals surface area contributed by atoms with Crippen molar-refractivity contribution in [3.05, 3.63) is 181 Å². The van der Waals surface area contributed by atoms with Gasteiger partial charge in [-0.25, -0.2) is 0 Å². The Labute approximate surface area is 248 Å². The van der Waals surface area contributed by atoms with Crippen LogP contribution in [0.2, 0.25) is 0 Å². The number of hydrogen-bond donors (Lipinski definition) is 0. The molecule has 0 aromatic heterocycles. The van der Waals surface area contributed by atoms with Crippen molar-refractivity contribution in [3.8, 4) is 0 Å². The number of benzene rings is 6. The molecule has 0 aliphatic rings. The van der Waals surface area contributed by atoms with Crippen LogP contribution in [0.3, 0.4) is 0 Å². The Morgan fingerprint density at radius 3 is 0.905 bits per heavy atom. The summed E-state index contributed by atoms with van der Waals surface area (Å²) in [5.74, 6) is 0.966. The predicted molar refractivity (Wildman–Crippen MR) is 179 cm³/mol. The molecule has 3 nitrogen and oxygen atoms in total. The van der Waals surface area contributed by atoms with Gasteiger partial charge in [0, 0.05) is 0 Å². The SMILES string of the molecule is Cc1ccccc1[N+](=C(N(c1ccccc1)c1ccccc1)N(c1ccccc1)c1ccccc1)c1ccccc1C. The minimum atomic E-state index is 0.966. The lowest BCUT2D eigenvalue weighted by Gasteiger charge is -2.31. The van der Waals surface area contributed by atoms with Crippen LogP contribution in [0.25, 0.3) is 0 Å². The van der Waals surface area contributed by atoms with Crippen molar-refractivity contribution < 1.29 is 0 Å². The van der Waals surface area contributed by atoms with Crippen LogP contribution in [0.15, 0.2) is 170 Å². The molecule has 6 rings (SSSR count). The zero-order valence-electron chi connectivity index (χ0n) is 24.0. The number of para-hydroxylation sites is 6. The summed E-state index contributed by atoms with van der Waals surface area (Å²) >= 11 is 0. The highest BCUT2D eigenvalue weighted by atomic mass is 15.4. The molecular weight excluding hydrogens is 510 g/mol. The summed E-state index contributed by atoms with van der Waals surface area (Å²) < 4.78 is 2.41. The van der Waals surface area contributed by atoms with E-state index in [1.165, 1.54) is 11.1 Å². The maximum atomic E-state index is 2.41. The lowest BCUT2D eigenvalue weighted by molar-refractivity contribution is 1.00. The topological polar surface area (TPSA) is 9.49 Å². The largest absolute Gasteiger partial charge is 0.380 e. The van der Waals surface area contributed by atoms with Crippen LogP contribution in [0, 0.1) is 13.8 Å². The van der Waals surface area contributed by atoms with E-state index in [2.05, 4.69) is 198 Å². The first-order valence-corrected chi connectivity index (χ1v) is 14.3. The third-order valence-corrected chi connectivity index (χ3v) is 7.37. The first kappa shape index (κ1) is 26.8. The van der Waals surface area contributed by atoms with Crippen LogP contribution in [0.1, 0.15) is 11.1 Å². The summed E-state index contributed by atoms with van der Waals surface area (Å²) in [4.78, 5) is 4.72. The van der Waals surface area contributed by atoms with E-state index in [0.29, 0.717) is 0 Å². The summed E-state index contributed by atoms with van der Waals surface area (Å²) in [7, 11) is 0. The molecule has 0 spiro atoms. The highest BCUT2D eigenvalue weighted by Gasteiger charge is 2.37. The average Bonchev–Trinajstić information content (AvgIpc) is 3.05. The fourth-order valence-electron chi connectivity index (χ4n) is 5.34. The van der Waals surface area contributed by atoms with Crippen molar-refractivity contribution in [2.24, 2.45) is 0 Å². The van der Waals surface area contributed by atoms with Crippen LogP contribution in [0.4, 0.5) is 34.1 Å². The first-order chi connectivity index (χ1) is 20.7. The van der Waals surface area contributed by atoms with E-state index < -0.39 is 0 Å². The van der Waals surface area contributed by atoms with Gasteiger partial charge in [-0.2, -0.15) is 14.4 Å². The molecule has 0 radical (unpaired) electrons. The summed E-state index contributed by atoms with van der Waals surface area (Å²) in [6.07, 6.45) is 0. The van der Waals surface area contributed by atoms with Gasteiger partial charge in [-0.3, -0.25) is 0 Å². The van der Waals surface area contributed by atoms with E-state index in [1.807, 2.05) is 0 Å². The molecule has 0 saturated carbocycles. The van der Waals surface area contributed by atoms with E-state index in [0.717, 1.165) is 40.1 Å². The molecule has 6 aromatic carbocycles. The maximum absolute atomic E-state index is 2.41. The summed E-state index contributed by atoms with van der Waals surface area (Å²) in [6.45, 7) is 4.37. The molecule has 0 atom stereocenters. The van der Waals surface area contributed by atoms with Crippen molar-refractivity contribution >= 4 is 40.1 Å². The Hall–Kier alpha value is -5.41. The van der Waals surface area contributed by atoms with Crippen LogP contribution in [-0.4, -0.2) is 5.96 Å². The molecule has 0 N–H and O–H groups in total. The highest BCUT2D eigenvalue weighted by Crippen LogP contribution is 2.37. The molecule has 0 aliphatic carbocycles. The van der Waals surface area contributed by atoms with Crippen molar-refractivity contribution in [2.45, 2.75) is 13.8 Å². The number of rotatable bonds is 6. The second-order valence-electron chi connectivity index (χ2n) is 10.2. The quantitative estimate of drug-likeness (QED) is 0.117. The van der Waals surface area contributed by atoms with Crippen LogP contribution >= 0.6 is 0 Å². The van der Waals surface area contributed by atoms with Crippen molar-refractivity contribution in [1.82, 2.24) is 4.58 Å². The Balaban J connectivity index is 1.84. The number of anilines is 4. The molecule has 0 unspecified atom stereocenters. The van der Waals surface area contributed by atoms with Crippen LogP contribution in [0.5, 0.6) is 0 Å². The van der Waals surface area contributed by atoms with Gasteiger partial charge in [-0.05, 0) is 85.6 Å². The van der Waals surface area contributed by atoms with Crippen molar-refractivity contribution in [1.29, 1.82) is 0 Å². The number of guanidine groups is 1. The zero-order chi connectivity index (χ0) is 28.7. The zero-order valence-corrected chi connectivity index (χ0v) is 24.0. The minimum Gasteiger partial charge on any atom is -0.197 e. The monoisotopic (exact) mass is 544 g/mol. The second-order valence-corrected chi connectivity index (χ2v) is 10.2. The van der Waals surface area contributed by atoms with Gasteiger partial charge in [0.2, 0.25) is 0 Å². The lowest BCUT2D eigenvalue weighted by atomic mass is 10.1. The van der Waals surface area contributed by atoms with E-state index in [4.69, 9.17) is 0 Å². The predicted octanol–water partition coefficient (Wildman–Crippen LogP) is 10.2. The Kier molecular flexibility index (Phi) is 7.91. The van der Waals surface area contributed by atoms with Gasteiger partial charge < -0.3 is 0 Å². The third-order valence-electron chi connectivity index (χ3n) is 7.37. The van der Waals surface area contributed by atoms with Crippen molar-refractivity contribution in [3.63, 3.8) is 0 Å². The van der Waals surface area contributed by atoms with E-state index in [9.17, 15) is 0 Å². The Morgan fingerprint density at radius 1 is 0.357 bits per heavy atom. The van der Waals surface area contributed by atoms with E-state index >= 15 is 0 Å². The molecule has 204 valence electrons. The number of nitrogens with zero attached hydrogens (tertiary/aromatic N) is 3. The summed E-state index contributed by atoms with van der Waals surface area (Å²) in [5, 5.41) is 0. The molecule has 0 heterocycles. The summed E-state index contributed by atoms with van der Waals surface area (Å²) in [5.41, 5.74) is 8.81. The fraction of sp³-hybridized carbons (Fsp3) is 0.0513. The van der Waals surface area contributed by atoms with Gasteiger partial charge in [-0.1, -0.05) is 109 Å². The van der Waals surface area contributed by atoms with Gasteiger partial charge >= 0.3 is 5.96 Å². The molecule has 0 amide bonds. The highest BCUT2D eigenvalue weighted by molar-refractivity contribution is 6.17. The molecule has 0 saturated heterocycles. The van der Waals surface area contributed by atoms with Gasteiger partial charge in [-0.15, -0.1) is 0 Å². The van der Waals surface area contributed by atoms with Gasteiger partial charge in [0.1, 0.15) is 34.1 Å². The first-order valence-electron chi connectivity index (χ1n) is 14.3. The lowest BCUT2D eigenvalue weighted by Crippen LogP contribution is -2.46. The Bertz CT molecular complexity index is 1570. The third kappa shape index (κ3) is 5.45. The molecule has 42 heavy (non-hydrogen) atoms. The molecule has 6 aromatic rings. The van der Waals surface area contributed by atoms with Gasteiger partial charge in [0.05, 0.1) is 0 Å². The average molecular weight is 545 g/mol. The summed E-state index contributed by atoms with van der Waals surface area (Å²) in [6, 6.07) is 59.7. The second kappa shape index (κ2) is 12.4. The molecular formula is C39H34N3+. The van der Waals surface area contributed by atoms with Crippen molar-refractivity contribution in [2.75, 3.05) is 9.80 Å².